The fourth-order valence-electron chi connectivity index (χ4n) is 15.1. The van der Waals surface area contributed by atoms with E-state index in [-0.39, 0.29) is 0 Å². The average molecular weight is 1080 g/mol. The third-order valence-corrected chi connectivity index (χ3v) is 19.4. The molecule has 4 aromatic heterocycles. The molecule has 0 radical (unpaired) electrons. The van der Waals surface area contributed by atoms with Crippen molar-refractivity contribution in [1.29, 1.82) is 0 Å². The molecule has 0 saturated carbocycles. The third kappa shape index (κ3) is 11.6. The quantitative estimate of drug-likeness (QED) is 0.0359. The van der Waals surface area contributed by atoms with Crippen molar-refractivity contribution in [3.8, 4) is 0 Å². The summed E-state index contributed by atoms with van der Waals surface area (Å²) in [7, 11) is 0. The molecular weight excluding hydrogens is 977 g/mol. The molecule has 11 rings (SSSR count). The van der Waals surface area contributed by atoms with Crippen LogP contribution in [0.1, 0.15) is 281 Å². The van der Waals surface area contributed by atoms with E-state index in [4.69, 9.17) is 17.7 Å². The predicted octanol–water partition coefficient (Wildman–Crippen LogP) is 26.2. The lowest BCUT2D eigenvalue weighted by Gasteiger charge is -2.14. The third-order valence-electron chi connectivity index (χ3n) is 19.4. The maximum absolute atomic E-state index is 8.02. The van der Waals surface area contributed by atoms with E-state index < -0.39 is 0 Å². The standard InChI is InChI=1S/C76H100O4/c1-5-9-13-17-21-25-29-33-37-45-53-55(47-39-35-31-27-23-19-15-11-7-3)71-63-61-62-64-66-68-67-65(63)73(78-71)57-49-41-43-51-59(57)75(67)80-76(68)60-52-44-42-50-58(60)74(66)79-72(64)56(48-40-36-32-28-24-20-16-12-8-4)54(70(62)77-69(53)61)46-38-34-30-26-22-18-14-10-6-2/h41-44,49-52H,5-40,45-48H2,1-4H3. The van der Waals surface area contributed by atoms with Crippen LogP contribution in [0.15, 0.2) is 66.2 Å². The van der Waals surface area contributed by atoms with Gasteiger partial charge in [0.1, 0.15) is 44.7 Å². The van der Waals surface area contributed by atoms with Crippen molar-refractivity contribution < 1.29 is 17.7 Å². The summed E-state index contributed by atoms with van der Waals surface area (Å²) >= 11 is 0. The lowest BCUT2D eigenvalue weighted by molar-refractivity contribution is 0.557. The minimum Gasteiger partial charge on any atom is -0.455 e. The fourth-order valence-corrected chi connectivity index (χ4v) is 15.1. The normalized spacial score (nSPS) is 12.8. The first-order valence-electron chi connectivity index (χ1n) is 34.0. The molecule has 4 heteroatoms. The molecule has 7 aromatic carbocycles. The Hall–Kier alpha value is -4.96. The summed E-state index contributed by atoms with van der Waals surface area (Å²) in [6.07, 6.45) is 51.5. The van der Waals surface area contributed by atoms with Crippen LogP contribution in [0, 0.1) is 0 Å². The van der Waals surface area contributed by atoms with E-state index in [1.54, 1.807) is 0 Å². The van der Waals surface area contributed by atoms with Gasteiger partial charge in [0.2, 0.25) is 0 Å². The van der Waals surface area contributed by atoms with Crippen LogP contribution < -0.4 is 0 Å². The number of unbranched alkanes of at least 4 members (excludes halogenated alkanes) is 32. The molecule has 0 bridgehead atoms. The molecule has 80 heavy (non-hydrogen) atoms. The van der Waals surface area contributed by atoms with Crippen molar-refractivity contribution in [2.75, 3.05) is 0 Å². The number of hydrogen-bond acceptors (Lipinski definition) is 4. The van der Waals surface area contributed by atoms with Gasteiger partial charge < -0.3 is 17.7 Å². The second kappa shape index (κ2) is 27.9. The maximum atomic E-state index is 8.02. The molecule has 0 fully saturated rings. The lowest BCUT2D eigenvalue weighted by Crippen LogP contribution is -1.99. The summed E-state index contributed by atoms with van der Waals surface area (Å²) in [5, 5.41) is 14.4. The van der Waals surface area contributed by atoms with Gasteiger partial charge in [-0.05, 0) is 51.4 Å². The highest BCUT2D eigenvalue weighted by Crippen LogP contribution is 2.58. The Morgan fingerprint density at radius 3 is 0.575 bits per heavy atom. The second-order valence-corrected chi connectivity index (χ2v) is 25.4. The second-order valence-electron chi connectivity index (χ2n) is 25.4. The van der Waals surface area contributed by atoms with Crippen molar-refractivity contribution in [3.05, 3.63) is 70.8 Å². The van der Waals surface area contributed by atoms with Gasteiger partial charge in [-0.1, -0.05) is 282 Å². The monoisotopic (exact) mass is 1080 g/mol. The van der Waals surface area contributed by atoms with Gasteiger partial charge in [0.15, 0.2) is 0 Å². The maximum Gasteiger partial charge on any atom is 0.144 e. The van der Waals surface area contributed by atoms with Crippen molar-refractivity contribution >= 4 is 109 Å². The number of benzene rings is 6. The Kier molecular flexibility index (Phi) is 19.8. The molecule has 0 aliphatic heterocycles. The zero-order valence-corrected chi connectivity index (χ0v) is 50.5. The molecule has 4 heterocycles. The van der Waals surface area contributed by atoms with Gasteiger partial charge in [0.05, 0.1) is 0 Å². The zero-order valence-electron chi connectivity index (χ0n) is 50.5. The first kappa shape index (κ1) is 56.9. The van der Waals surface area contributed by atoms with Crippen LogP contribution in [0.3, 0.4) is 0 Å². The summed E-state index contributed by atoms with van der Waals surface area (Å²) in [5.41, 5.74) is 14.0. The molecule has 0 aliphatic rings. The first-order valence-corrected chi connectivity index (χ1v) is 34.0. The minimum absolute atomic E-state index is 0.963. The first-order chi connectivity index (χ1) is 39.7. The molecule has 0 aliphatic carbocycles. The van der Waals surface area contributed by atoms with Gasteiger partial charge >= 0.3 is 0 Å². The lowest BCUT2D eigenvalue weighted by atomic mass is 9.85. The van der Waals surface area contributed by atoms with Gasteiger partial charge in [-0.15, -0.1) is 0 Å². The number of aryl methyl sites for hydroxylation is 4. The van der Waals surface area contributed by atoms with E-state index >= 15 is 0 Å². The average Bonchev–Trinajstić information content (AvgIpc) is 4.37. The zero-order chi connectivity index (χ0) is 54.6. The van der Waals surface area contributed by atoms with E-state index in [2.05, 4.69) is 76.2 Å². The van der Waals surface area contributed by atoms with Crippen molar-refractivity contribution in [1.82, 2.24) is 0 Å². The minimum atomic E-state index is 0.963. The molecule has 0 atom stereocenters. The van der Waals surface area contributed by atoms with Crippen molar-refractivity contribution in [3.63, 3.8) is 0 Å². The van der Waals surface area contributed by atoms with Crippen LogP contribution >= 0.6 is 0 Å². The summed E-state index contributed by atoms with van der Waals surface area (Å²) < 4.78 is 31.0. The van der Waals surface area contributed by atoms with Gasteiger partial charge in [0.25, 0.3) is 0 Å². The van der Waals surface area contributed by atoms with E-state index in [0.29, 0.717) is 0 Å². The van der Waals surface area contributed by atoms with Gasteiger partial charge in [-0.25, -0.2) is 0 Å². The van der Waals surface area contributed by atoms with E-state index in [1.807, 2.05) is 0 Å². The highest BCUT2D eigenvalue weighted by molar-refractivity contribution is 6.49. The van der Waals surface area contributed by atoms with Crippen LogP contribution in [-0.4, -0.2) is 0 Å². The fraction of sp³-hybridized carbons (Fsp3) is 0.579. The number of furan rings is 4. The molecule has 0 amide bonds. The van der Waals surface area contributed by atoms with E-state index in [9.17, 15) is 0 Å². The highest BCUT2D eigenvalue weighted by Gasteiger charge is 2.35. The van der Waals surface area contributed by atoms with Gasteiger partial charge in [0, 0.05) is 86.9 Å². The SMILES string of the molecule is CCCCCCCCCCCc1c(CCCCCCCCCCC)c2oc3c4ccccc4c4oc5c6ccccc6c6oc7c(CCCCCCCCCCC)c(CCCCCCCCCCC)c8oc1c1c8c7c6c5c4c3c21. The number of fused-ring (bicyclic) bond motifs is 6. The Morgan fingerprint density at radius 1 is 0.200 bits per heavy atom. The van der Waals surface area contributed by atoms with Crippen LogP contribution in [0.4, 0.5) is 0 Å². The molecule has 0 saturated heterocycles. The molecule has 428 valence electrons. The molecule has 0 spiro atoms. The van der Waals surface area contributed by atoms with Crippen molar-refractivity contribution in [2.45, 2.75) is 285 Å². The van der Waals surface area contributed by atoms with E-state index in [1.165, 1.54) is 284 Å². The van der Waals surface area contributed by atoms with Crippen LogP contribution in [0.25, 0.3) is 109 Å². The van der Waals surface area contributed by atoms with E-state index in [0.717, 1.165) is 105 Å². The van der Waals surface area contributed by atoms with Crippen LogP contribution in [-0.2, 0) is 25.7 Å². The molecule has 4 nitrogen and oxygen atoms in total. The topological polar surface area (TPSA) is 52.6 Å². The van der Waals surface area contributed by atoms with Crippen LogP contribution in [0.2, 0.25) is 0 Å². The highest BCUT2D eigenvalue weighted by atomic mass is 16.4. The Labute approximate surface area is 479 Å². The predicted molar refractivity (Wildman–Crippen MR) is 348 cm³/mol. The number of hydrogen-bond donors (Lipinski definition) is 0. The molecule has 11 aromatic rings. The summed E-state index contributed by atoms with van der Waals surface area (Å²) in [6, 6.07) is 17.8. The van der Waals surface area contributed by atoms with Crippen LogP contribution in [0.5, 0.6) is 0 Å². The summed E-state index contributed by atoms with van der Waals surface area (Å²) in [5.74, 6) is 0. The molecule has 0 N–H and O–H groups in total. The Bertz CT molecular complexity index is 3410. The van der Waals surface area contributed by atoms with Gasteiger partial charge in [-0.2, -0.15) is 0 Å². The summed E-state index contributed by atoms with van der Waals surface area (Å²) in [4.78, 5) is 0. The largest absolute Gasteiger partial charge is 0.455 e. The Morgan fingerprint density at radius 2 is 0.362 bits per heavy atom. The van der Waals surface area contributed by atoms with Gasteiger partial charge in [-0.3, -0.25) is 0 Å². The molecule has 0 unspecified atom stereocenters. The molecular formula is C76H100O4. The Balaban J connectivity index is 1.11. The smallest absolute Gasteiger partial charge is 0.144 e. The van der Waals surface area contributed by atoms with Crippen molar-refractivity contribution in [2.24, 2.45) is 0 Å². The summed E-state index contributed by atoms with van der Waals surface area (Å²) in [6.45, 7) is 9.30. The number of rotatable bonds is 40.